The lowest BCUT2D eigenvalue weighted by Crippen LogP contribution is -2.46. The van der Waals surface area contributed by atoms with Crippen molar-refractivity contribution < 1.29 is 19.3 Å². The fourth-order valence-corrected chi connectivity index (χ4v) is 6.46. The molecule has 0 aromatic heterocycles. The fourth-order valence-electron chi connectivity index (χ4n) is 6.46. The Balaban J connectivity index is 1.32. The Morgan fingerprint density at radius 1 is 0.600 bits per heavy atom. The molecule has 0 radical (unpaired) electrons. The molecule has 4 saturated carbocycles. The summed E-state index contributed by atoms with van der Waals surface area (Å²) in [5.74, 6) is 1.24. The Hall–Kier alpha value is -1.28. The van der Waals surface area contributed by atoms with Crippen LogP contribution >= 0.6 is 0 Å². The predicted octanol–water partition coefficient (Wildman–Crippen LogP) is 4.53. The van der Waals surface area contributed by atoms with Gasteiger partial charge in [-0.2, -0.15) is 0 Å². The highest BCUT2D eigenvalue weighted by atomic mass is 16.6. The number of nitrogens with zero attached hydrogens (tertiary/aromatic N) is 2. The van der Waals surface area contributed by atoms with Crippen molar-refractivity contribution in [3.63, 3.8) is 0 Å². The minimum atomic E-state index is -0.399. The molecule has 30 heavy (non-hydrogen) atoms. The molecular weight excluding hydrogens is 388 g/mol. The molecular formula is C22H36N2O6. The van der Waals surface area contributed by atoms with E-state index in [4.69, 9.17) is 9.47 Å². The molecule has 0 aromatic carbocycles. The van der Waals surface area contributed by atoms with Crippen molar-refractivity contribution in [3.8, 4) is 0 Å². The van der Waals surface area contributed by atoms with Crippen molar-refractivity contribution in [3.05, 3.63) is 20.2 Å². The average Bonchev–Trinajstić information content (AvgIpc) is 2.74. The van der Waals surface area contributed by atoms with Gasteiger partial charge < -0.3 is 9.47 Å². The first-order valence-corrected chi connectivity index (χ1v) is 12.1. The fraction of sp³-hybridized carbons (Fsp3) is 1.00. The molecule has 8 heteroatoms. The molecule has 4 atom stereocenters. The molecule has 0 aliphatic heterocycles. The van der Waals surface area contributed by atoms with Crippen LogP contribution in [0.15, 0.2) is 0 Å². The smallest absolute Gasteiger partial charge is 0.213 e. The molecule has 0 spiro atoms. The van der Waals surface area contributed by atoms with E-state index >= 15 is 0 Å². The molecule has 0 aromatic rings. The van der Waals surface area contributed by atoms with E-state index in [9.17, 15) is 20.2 Å². The van der Waals surface area contributed by atoms with Crippen LogP contribution in [0.5, 0.6) is 0 Å². The molecule has 0 saturated heterocycles. The Kier molecular flexibility index (Phi) is 7.24. The number of hydrogen-bond acceptors (Lipinski definition) is 6. The Labute approximate surface area is 178 Å². The van der Waals surface area contributed by atoms with Gasteiger partial charge in [0.2, 0.25) is 12.1 Å². The number of fused-ring (bicyclic) bond motifs is 1. The third kappa shape index (κ3) is 5.31. The largest absolute Gasteiger partial charge is 0.375 e. The zero-order chi connectivity index (χ0) is 21.1. The van der Waals surface area contributed by atoms with Gasteiger partial charge in [-0.15, -0.1) is 0 Å². The van der Waals surface area contributed by atoms with Gasteiger partial charge >= 0.3 is 0 Å². The SMILES string of the molecule is O=[N+]([O-])C1CCC(OC2CC3CCCCC3C(OC3CCC([N+](=O)[O-])CC3)C2)CC1. The summed E-state index contributed by atoms with van der Waals surface area (Å²) in [5, 5.41) is 22.0. The zero-order valence-corrected chi connectivity index (χ0v) is 17.9. The van der Waals surface area contributed by atoms with Gasteiger partial charge in [-0.1, -0.05) is 12.8 Å². The van der Waals surface area contributed by atoms with Gasteiger partial charge in [-0.25, -0.2) is 0 Å². The van der Waals surface area contributed by atoms with Crippen molar-refractivity contribution in [1.82, 2.24) is 0 Å². The van der Waals surface area contributed by atoms with Crippen LogP contribution in [0.2, 0.25) is 0 Å². The van der Waals surface area contributed by atoms with Gasteiger partial charge in [0.1, 0.15) is 0 Å². The summed E-state index contributed by atoms with van der Waals surface area (Å²) < 4.78 is 13.1. The minimum absolute atomic E-state index is 0.133. The van der Waals surface area contributed by atoms with Gasteiger partial charge in [0.25, 0.3) is 0 Å². The van der Waals surface area contributed by atoms with Crippen molar-refractivity contribution in [2.75, 3.05) is 0 Å². The second-order valence-corrected chi connectivity index (χ2v) is 10.0. The molecule has 0 heterocycles. The summed E-state index contributed by atoms with van der Waals surface area (Å²) in [4.78, 5) is 21.8. The number of ether oxygens (including phenoxy) is 2. The van der Waals surface area contributed by atoms with Gasteiger partial charge in [-0.05, 0) is 56.8 Å². The van der Waals surface area contributed by atoms with Crippen molar-refractivity contribution in [1.29, 1.82) is 0 Å². The van der Waals surface area contributed by atoms with Crippen molar-refractivity contribution >= 4 is 0 Å². The molecule has 0 N–H and O–H groups in total. The molecule has 8 nitrogen and oxygen atoms in total. The summed E-state index contributed by atoms with van der Waals surface area (Å²) in [6.45, 7) is 0. The normalized spacial score (nSPS) is 42.3. The average molecular weight is 425 g/mol. The Bertz CT molecular complexity index is 600. The second-order valence-electron chi connectivity index (χ2n) is 10.0. The van der Waals surface area contributed by atoms with Crippen LogP contribution in [0.4, 0.5) is 0 Å². The van der Waals surface area contributed by atoms with E-state index in [1.165, 1.54) is 25.7 Å². The highest BCUT2D eigenvalue weighted by Crippen LogP contribution is 2.44. The third-order valence-corrected chi connectivity index (χ3v) is 8.14. The van der Waals surface area contributed by atoms with Crippen molar-refractivity contribution in [2.45, 2.75) is 126 Å². The summed E-state index contributed by atoms with van der Waals surface area (Å²) in [5.41, 5.74) is 0. The zero-order valence-electron chi connectivity index (χ0n) is 17.9. The van der Waals surface area contributed by atoms with E-state index in [-0.39, 0.29) is 34.3 Å². The van der Waals surface area contributed by atoms with Crippen LogP contribution in [0.3, 0.4) is 0 Å². The maximum absolute atomic E-state index is 11.0. The first-order valence-electron chi connectivity index (χ1n) is 12.1. The van der Waals surface area contributed by atoms with Gasteiger partial charge in [0, 0.05) is 42.0 Å². The quantitative estimate of drug-likeness (QED) is 0.458. The van der Waals surface area contributed by atoms with E-state index in [1.807, 2.05) is 0 Å². The standard InChI is InChI=1S/C22H36N2O6/c25-23(26)16-5-9-18(10-6-16)29-20-13-15-3-1-2-4-21(15)22(14-20)30-19-11-7-17(8-12-19)24(27)28/h15-22H,1-14H2. The first kappa shape index (κ1) is 21.9. The van der Waals surface area contributed by atoms with Crippen LogP contribution in [0.25, 0.3) is 0 Å². The highest BCUT2D eigenvalue weighted by Gasteiger charge is 2.43. The molecule has 4 aliphatic carbocycles. The van der Waals surface area contributed by atoms with Crippen LogP contribution in [-0.4, -0.2) is 46.3 Å². The molecule has 4 rings (SSSR count). The van der Waals surface area contributed by atoms with Gasteiger partial charge in [0.05, 0.1) is 24.4 Å². The predicted molar refractivity (Wildman–Crippen MR) is 111 cm³/mol. The molecule has 0 amide bonds. The van der Waals surface area contributed by atoms with E-state index in [1.54, 1.807) is 0 Å². The van der Waals surface area contributed by atoms with Gasteiger partial charge in [-0.3, -0.25) is 20.2 Å². The molecule has 4 aliphatic rings. The van der Waals surface area contributed by atoms with Crippen molar-refractivity contribution in [2.24, 2.45) is 11.8 Å². The van der Waals surface area contributed by atoms with Crippen LogP contribution < -0.4 is 0 Å². The highest BCUT2D eigenvalue weighted by molar-refractivity contribution is 4.92. The third-order valence-electron chi connectivity index (χ3n) is 8.14. The van der Waals surface area contributed by atoms with E-state index in [2.05, 4.69) is 0 Å². The lowest BCUT2D eigenvalue weighted by Gasteiger charge is -2.46. The molecule has 170 valence electrons. The minimum Gasteiger partial charge on any atom is -0.375 e. The maximum Gasteiger partial charge on any atom is 0.213 e. The second kappa shape index (κ2) is 9.90. The first-order chi connectivity index (χ1) is 14.5. The summed E-state index contributed by atoms with van der Waals surface area (Å²) in [6.07, 6.45) is 13.3. The van der Waals surface area contributed by atoms with Gasteiger partial charge in [0.15, 0.2) is 0 Å². The van der Waals surface area contributed by atoms with Crippen LogP contribution in [0.1, 0.15) is 89.9 Å². The number of nitro groups is 2. The molecule has 4 unspecified atom stereocenters. The number of hydrogen-bond donors (Lipinski definition) is 0. The lowest BCUT2D eigenvalue weighted by molar-refractivity contribution is -0.527. The summed E-state index contributed by atoms with van der Waals surface area (Å²) in [7, 11) is 0. The summed E-state index contributed by atoms with van der Waals surface area (Å²) >= 11 is 0. The van der Waals surface area contributed by atoms with Crippen LogP contribution in [0, 0.1) is 32.1 Å². The molecule has 0 bridgehead atoms. The molecule has 4 fully saturated rings. The van der Waals surface area contributed by atoms with E-state index < -0.39 is 12.1 Å². The number of rotatable bonds is 6. The topological polar surface area (TPSA) is 105 Å². The lowest BCUT2D eigenvalue weighted by atomic mass is 9.68. The Morgan fingerprint density at radius 2 is 1.13 bits per heavy atom. The maximum atomic E-state index is 11.0. The monoisotopic (exact) mass is 424 g/mol. The van der Waals surface area contributed by atoms with E-state index in [0.717, 1.165) is 38.5 Å². The Morgan fingerprint density at radius 3 is 1.70 bits per heavy atom. The van der Waals surface area contributed by atoms with Crippen LogP contribution in [-0.2, 0) is 9.47 Å². The summed E-state index contributed by atoms with van der Waals surface area (Å²) in [6, 6.07) is -0.798. The van der Waals surface area contributed by atoms with E-state index in [0.29, 0.717) is 37.5 Å².